The second-order valence-electron chi connectivity index (χ2n) is 8.48. The molecular formula is C21H32N4O3. The first-order valence-electron chi connectivity index (χ1n) is 10.3. The molecule has 2 aliphatic heterocycles. The summed E-state index contributed by atoms with van der Waals surface area (Å²) in [5.74, 6) is 1.04. The standard InChI is InChI=1S/C21H32N4O3/c1-13(2)23-18(26)12-25-15(4)20(14(3)9-19(25)27)21(28)24-7-5-16-10-22-11-17(16)6-8-24/h9,13,16-17,22H,5-8,10-12H2,1-4H3,(H,23,26)/t16-,17+. The molecule has 1 aromatic rings. The van der Waals surface area contributed by atoms with E-state index < -0.39 is 0 Å². The average Bonchev–Trinajstić information content (AvgIpc) is 2.96. The van der Waals surface area contributed by atoms with Gasteiger partial charge >= 0.3 is 0 Å². The predicted octanol–water partition coefficient (Wildman–Crippen LogP) is 1.06. The number of carbonyl (C=O) groups is 2. The van der Waals surface area contributed by atoms with Crippen molar-refractivity contribution in [1.82, 2.24) is 20.1 Å². The number of rotatable bonds is 4. The number of hydrogen-bond donors (Lipinski definition) is 2. The van der Waals surface area contributed by atoms with Gasteiger partial charge < -0.3 is 20.1 Å². The Morgan fingerprint density at radius 3 is 2.36 bits per heavy atom. The predicted molar refractivity (Wildman–Crippen MR) is 108 cm³/mol. The molecule has 2 atom stereocenters. The summed E-state index contributed by atoms with van der Waals surface area (Å²) >= 11 is 0. The van der Waals surface area contributed by atoms with Gasteiger partial charge in [0.15, 0.2) is 0 Å². The largest absolute Gasteiger partial charge is 0.352 e. The van der Waals surface area contributed by atoms with Crippen LogP contribution in [0.4, 0.5) is 0 Å². The maximum Gasteiger partial charge on any atom is 0.255 e. The zero-order valence-electron chi connectivity index (χ0n) is 17.4. The van der Waals surface area contributed by atoms with Gasteiger partial charge in [0.2, 0.25) is 5.91 Å². The molecule has 3 heterocycles. The van der Waals surface area contributed by atoms with Crippen molar-refractivity contribution >= 4 is 11.8 Å². The van der Waals surface area contributed by atoms with Crippen molar-refractivity contribution in [1.29, 1.82) is 0 Å². The van der Waals surface area contributed by atoms with Gasteiger partial charge in [0.25, 0.3) is 11.5 Å². The number of carbonyl (C=O) groups excluding carboxylic acids is 2. The first-order valence-corrected chi connectivity index (χ1v) is 10.3. The van der Waals surface area contributed by atoms with Crippen LogP contribution in [0.15, 0.2) is 10.9 Å². The number of likely N-dealkylation sites (tertiary alicyclic amines) is 1. The van der Waals surface area contributed by atoms with Crippen molar-refractivity contribution < 1.29 is 9.59 Å². The van der Waals surface area contributed by atoms with Gasteiger partial charge in [0, 0.05) is 30.9 Å². The number of fused-ring (bicyclic) bond motifs is 1. The lowest BCUT2D eigenvalue weighted by Crippen LogP contribution is -2.39. The smallest absolute Gasteiger partial charge is 0.255 e. The van der Waals surface area contributed by atoms with Crippen molar-refractivity contribution in [3.05, 3.63) is 33.2 Å². The third-order valence-electron chi connectivity index (χ3n) is 6.04. The first-order chi connectivity index (χ1) is 13.3. The molecule has 0 aliphatic carbocycles. The molecule has 0 radical (unpaired) electrons. The number of hydrogen-bond acceptors (Lipinski definition) is 4. The summed E-state index contributed by atoms with van der Waals surface area (Å²) in [6.07, 6.45) is 2.02. The molecule has 154 valence electrons. The summed E-state index contributed by atoms with van der Waals surface area (Å²) in [4.78, 5) is 39.9. The Labute approximate surface area is 166 Å². The van der Waals surface area contributed by atoms with Gasteiger partial charge in [0.1, 0.15) is 6.54 Å². The molecule has 0 spiro atoms. The van der Waals surface area contributed by atoms with Crippen molar-refractivity contribution in [3.8, 4) is 0 Å². The van der Waals surface area contributed by atoms with E-state index in [1.165, 1.54) is 10.6 Å². The highest BCUT2D eigenvalue weighted by Crippen LogP contribution is 2.28. The number of nitrogens with one attached hydrogen (secondary N) is 2. The lowest BCUT2D eigenvalue weighted by molar-refractivity contribution is -0.122. The van der Waals surface area contributed by atoms with Crippen LogP contribution in [-0.4, -0.2) is 53.5 Å². The minimum atomic E-state index is -0.248. The van der Waals surface area contributed by atoms with Crippen LogP contribution in [0.25, 0.3) is 0 Å². The fraction of sp³-hybridized carbons (Fsp3) is 0.667. The van der Waals surface area contributed by atoms with E-state index >= 15 is 0 Å². The van der Waals surface area contributed by atoms with E-state index in [1.807, 2.05) is 18.7 Å². The molecule has 0 unspecified atom stereocenters. The highest BCUT2D eigenvalue weighted by atomic mass is 16.2. The Kier molecular flexibility index (Phi) is 6.23. The molecule has 2 aliphatic rings. The van der Waals surface area contributed by atoms with Crippen LogP contribution in [0.2, 0.25) is 0 Å². The molecule has 28 heavy (non-hydrogen) atoms. The normalized spacial score (nSPS) is 22.1. The lowest BCUT2D eigenvalue weighted by atomic mass is 9.92. The molecule has 7 heteroatoms. The average molecular weight is 389 g/mol. The van der Waals surface area contributed by atoms with Crippen molar-refractivity contribution in [2.75, 3.05) is 26.2 Å². The molecule has 7 nitrogen and oxygen atoms in total. The first kappa shape index (κ1) is 20.6. The molecular weight excluding hydrogens is 356 g/mol. The van der Waals surface area contributed by atoms with E-state index in [0.29, 0.717) is 28.7 Å². The highest BCUT2D eigenvalue weighted by Gasteiger charge is 2.32. The SMILES string of the molecule is Cc1cc(=O)n(CC(=O)NC(C)C)c(C)c1C(=O)N1CC[C@@H]2CNC[C@@H]2CC1. The van der Waals surface area contributed by atoms with Crippen LogP contribution in [0.1, 0.15) is 48.3 Å². The van der Waals surface area contributed by atoms with Crippen molar-refractivity contribution in [2.45, 2.75) is 53.1 Å². The summed E-state index contributed by atoms with van der Waals surface area (Å²) < 4.78 is 1.41. The zero-order valence-corrected chi connectivity index (χ0v) is 17.4. The van der Waals surface area contributed by atoms with E-state index in [0.717, 1.165) is 39.0 Å². The Morgan fingerprint density at radius 1 is 1.18 bits per heavy atom. The molecule has 0 aromatic carbocycles. The number of aryl methyl sites for hydroxylation is 1. The van der Waals surface area contributed by atoms with Crippen molar-refractivity contribution in [3.63, 3.8) is 0 Å². The Hall–Kier alpha value is -2.15. The minimum Gasteiger partial charge on any atom is -0.352 e. The third-order valence-corrected chi connectivity index (χ3v) is 6.04. The maximum absolute atomic E-state index is 13.3. The Balaban J connectivity index is 1.84. The summed E-state index contributed by atoms with van der Waals surface area (Å²) in [5.41, 5.74) is 1.56. The zero-order chi connectivity index (χ0) is 20.4. The fourth-order valence-corrected chi connectivity index (χ4v) is 4.53. The van der Waals surface area contributed by atoms with Gasteiger partial charge in [-0.15, -0.1) is 0 Å². The van der Waals surface area contributed by atoms with Gasteiger partial charge in [-0.3, -0.25) is 14.4 Å². The van der Waals surface area contributed by atoms with Gasteiger partial charge in [-0.05, 0) is 71.0 Å². The number of aromatic nitrogens is 1. The van der Waals surface area contributed by atoms with E-state index in [1.54, 1.807) is 13.8 Å². The maximum atomic E-state index is 13.3. The monoisotopic (exact) mass is 388 g/mol. The minimum absolute atomic E-state index is 0.00102. The van der Waals surface area contributed by atoms with Crippen LogP contribution in [0, 0.1) is 25.7 Å². The molecule has 2 N–H and O–H groups in total. The summed E-state index contributed by atoms with van der Waals surface area (Å²) in [6.45, 7) is 10.8. The van der Waals surface area contributed by atoms with Crippen LogP contribution < -0.4 is 16.2 Å². The van der Waals surface area contributed by atoms with E-state index in [9.17, 15) is 14.4 Å². The topological polar surface area (TPSA) is 83.4 Å². The molecule has 2 saturated heterocycles. The molecule has 0 bridgehead atoms. The van der Waals surface area contributed by atoms with Gasteiger partial charge in [-0.1, -0.05) is 0 Å². The third kappa shape index (κ3) is 4.29. The Bertz CT molecular complexity index is 801. The quantitative estimate of drug-likeness (QED) is 0.808. The number of nitrogens with zero attached hydrogens (tertiary/aromatic N) is 2. The second kappa shape index (κ2) is 8.47. The van der Waals surface area contributed by atoms with Gasteiger partial charge in [0.05, 0.1) is 5.56 Å². The van der Waals surface area contributed by atoms with Gasteiger partial charge in [-0.2, -0.15) is 0 Å². The molecule has 0 saturated carbocycles. The molecule has 1 aromatic heterocycles. The Morgan fingerprint density at radius 2 is 1.79 bits per heavy atom. The number of pyridine rings is 1. The van der Waals surface area contributed by atoms with E-state index in [4.69, 9.17) is 0 Å². The van der Waals surface area contributed by atoms with Crippen LogP contribution in [0.3, 0.4) is 0 Å². The van der Waals surface area contributed by atoms with Crippen molar-refractivity contribution in [2.24, 2.45) is 11.8 Å². The molecule has 2 amide bonds. The van der Waals surface area contributed by atoms with Crippen LogP contribution in [0.5, 0.6) is 0 Å². The summed E-state index contributed by atoms with van der Waals surface area (Å²) in [7, 11) is 0. The fourth-order valence-electron chi connectivity index (χ4n) is 4.53. The molecule has 3 rings (SSSR count). The number of amides is 2. The van der Waals surface area contributed by atoms with Crippen LogP contribution in [-0.2, 0) is 11.3 Å². The summed E-state index contributed by atoms with van der Waals surface area (Å²) in [5, 5.41) is 6.26. The molecule has 2 fully saturated rings. The second-order valence-corrected chi connectivity index (χ2v) is 8.48. The van der Waals surface area contributed by atoms with E-state index in [2.05, 4.69) is 10.6 Å². The van der Waals surface area contributed by atoms with Gasteiger partial charge in [-0.25, -0.2) is 0 Å². The lowest BCUT2D eigenvalue weighted by Gasteiger charge is -2.24. The summed E-state index contributed by atoms with van der Waals surface area (Å²) in [6, 6.07) is 1.47. The van der Waals surface area contributed by atoms with Crippen LogP contribution >= 0.6 is 0 Å². The van der Waals surface area contributed by atoms with E-state index in [-0.39, 0.29) is 30.0 Å². The highest BCUT2D eigenvalue weighted by molar-refractivity contribution is 5.96.